The summed E-state index contributed by atoms with van der Waals surface area (Å²) in [5, 5.41) is 5.63. The number of nitrogens with one attached hydrogen (secondary N) is 2. The second kappa shape index (κ2) is 8.28. The molecule has 1 aromatic carbocycles. The van der Waals surface area contributed by atoms with Gasteiger partial charge in [-0.25, -0.2) is 14.4 Å². The van der Waals surface area contributed by atoms with Crippen molar-refractivity contribution in [2.75, 3.05) is 6.54 Å². The van der Waals surface area contributed by atoms with E-state index in [0.717, 1.165) is 12.8 Å². The Morgan fingerprint density at radius 3 is 2.67 bits per heavy atom. The SMILES string of the molecule is CCNC(=O)NC1CCC(OC(=O)[C@H](C)n2c(=O)oc3ccccc32)CC1. The molecular weight excluding hydrogens is 350 g/mol. The first-order valence-corrected chi connectivity index (χ1v) is 9.34. The van der Waals surface area contributed by atoms with Gasteiger partial charge in [-0.2, -0.15) is 0 Å². The first kappa shape index (κ1) is 19.0. The molecule has 3 rings (SSSR count). The predicted molar refractivity (Wildman–Crippen MR) is 99.5 cm³/mol. The third-order valence-corrected chi connectivity index (χ3v) is 4.88. The Hall–Kier alpha value is -2.77. The molecule has 0 aliphatic heterocycles. The number of hydrogen-bond acceptors (Lipinski definition) is 5. The molecule has 0 radical (unpaired) electrons. The summed E-state index contributed by atoms with van der Waals surface area (Å²) < 4.78 is 12.1. The number of aromatic nitrogens is 1. The summed E-state index contributed by atoms with van der Waals surface area (Å²) in [4.78, 5) is 36.2. The van der Waals surface area contributed by atoms with Crippen molar-refractivity contribution in [2.45, 2.75) is 57.7 Å². The van der Waals surface area contributed by atoms with Crippen LogP contribution in [0.5, 0.6) is 0 Å². The van der Waals surface area contributed by atoms with Crippen molar-refractivity contribution in [1.82, 2.24) is 15.2 Å². The highest BCUT2D eigenvalue weighted by atomic mass is 16.5. The molecule has 1 saturated carbocycles. The van der Waals surface area contributed by atoms with Gasteiger partial charge >= 0.3 is 17.8 Å². The molecule has 2 aromatic rings. The number of esters is 1. The monoisotopic (exact) mass is 375 g/mol. The maximum atomic E-state index is 12.5. The molecule has 1 fully saturated rings. The van der Waals surface area contributed by atoms with E-state index in [4.69, 9.17) is 9.15 Å². The minimum Gasteiger partial charge on any atom is -0.461 e. The van der Waals surface area contributed by atoms with E-state index < -0.39 is 17.8 Å². The number of rotatable bonds is 5. The van der Waals surface area contributed by atoms with E-state index in [1.54, 1.807) is 31.2 Å². The van der Waals surface area contributed by atoms with Gasteiger partial charge in [-0.3, -0.25) is 4.57 Å². The largest absolute Gasteiger partial charge is 0.461 e. The van der Waals surface area contributed by atoms with E-state index in [1.165, 1.54) is 4.57 Å². The second-order valence-electron chi connectivity index (χ2n) is 6.80. The average Bonchev–Trinajstić information content (AvgIpc) is 2.98. The second-order valence-corrected chi connectivity index (χ2v) is 6.80. The van der Waals surface area contributed by atoms with Crippen molar-refractivity contribution >= 4 is 23.1 Å². The van der Waals surface area contributed by atoms with E-state index in [9.17, 15) is 14.4 Å². The summed E-state index contributed by atoms with van der Waals surface area (Å²) in [5.41, 5.74) is 1.01. The maximum absolute atomic E-state index is 12.5. The van der Waals surface area contributed by atoms with Crippen LogP contribution in [0, 0.1) is 0 Å². The molecule has 1 aromatic heterocycles. The van der Waals surface area contributed by atoms with Crippen LogP contribution in [0.1, 0.15) is 45.6 Å². The van der Waals surface area contributed by atoms with E-state index in [1.807, 2.05) is 6.92 Å². The standard InChI is InChI=1S/C19H25N3O5/c1-3-20-18(24)21-13-8-10-14(11-9-13)26-17(23)12(2)22-15-6-4-5-7-16(15)27-19(22)25/h4-7,12-14H,3,8-11H2,1-2H3,(H2,20,21,24)/t12-,13?,14?/m0/s1. The molecule has 0 spiro atoms. The van der Waals surface area contributed by atoms with Crippen LogP contribution in [-0.2, 0) is 9.53 Å². The van der Waals surface area contributed by atoms with E-state index in [0.29, 0.717) is 30.5 Å². The van der Waals surface area contributed by atoms with Gasteiger partial charge in [0, 0.05) is 12.6 Å². The normalized spacial score (nSPS) is 20.8. The summed E-state index contributed by atoms with van der Waals surface area (Å²) in [6.07, 6.45) is 2.64. The van der Waals surface area contributed by atoms with E-state index in [-0.39, 0.29) is 18.2 Å². The third-order valence-electron chi connectivity index (χ3n) is 4.88. The van der Waals surface area contributed by atoms with Gasteiger partial charge in [-0.15, -0.1) is 0 Å². The number of hydrogen-bond donors (Lipinski definition) is 2. The maximum Gasteiger partial charge on any atom is 0.420 e. The fourth-order valence-electron chi connectivity index (χ4n) is 3.44. The topological polar surface area (TPSA) is 103 Å². The number of carbonyl (C=O) groups is 2. The fourth-order valence-corrected chi connectivity index (χ4v) is 3.44. The number of urea groups is 1. The lowest BCUT2D eigenvalue weighted by molar-refractivity contribution is -0.154. The minimum absolute atomic E-state index is 0.0874. The van der Waals surface area contributed by atoms with Gasteiger partial charge in [0.1, 0.15) is 12.1 Å². The Balaban J connectivity index is 1.57. The molecular formula is C19H25N3O5. The number of amides is 2. The molecule has 0 saturated heterocycles. The molecule has 146 valence electrons. The number of benzene rings is 1. The van der Waals surface area contributed by atoms with Crippen LogP contribution in [0.2, 0.25) is 0 Å². The lowest BCUT2D eigenvalue weighted by Gasteiger charge is -2.29. The predicted octanol–water partition coefficient (Wildman–Crippen LogP) is 2.33. The molecule has 0 bridgehead atoms. The Morgan fingerprint density at radius 2 is 1.96 bits per heavy atom. The van der Waals surface area contributed by atoms with Crippen LogP contribution in [0.3, 0.4) is 0 Å². The van der Waals surface area contributed by atoms with Gasteiger partial charge < -0.3 is 19.8 Å². The number of fused-ring (bicyclic) bond motifs is 1. The van der Waals surface area contributed by atoms with Gasteiger partial charge in [0.15, 0.2) is 5.58 Å². The molecule has 8 nitrogen and oxygen atoms in total. The molecule has 1 heterocycles. The number of carbonyl (C=O) groups excluding carboxylic acids is 2. The average molecular weight is 375 g/mol. The molecule has 1 atom stereocenters. The summed E-state index contributed by atoms with van der Waals surface area (Å²) in [7, 11) is 0. The Morgan fingerprint density at radius 1 is 1.26 bits per heavy atom. The smallest absolute Gasteiger partial charge is 0.420 e. The molecule has 2 amide bonds. The number of oxazole rings is 1. The van der Waals surface area contributed by atoms with Crippen molar-refractivity contribution in [3.8, 4) is 0 Å². The summed E-state index contributed by atoms with van der Waals surface area (Å²) in [5.74, 6) is -1.03. The van der Waals surface area contributed by atoms with Gasteiger partial charge in [-0.1, -0.05) is 12.1 Å². The van der Waals surface area contributed by atoms with Crippen LogP contribution in [0.25, 0.3) is 11.1 Å². The third kappa shape index (κ3) is 4.32. The lowest BCUT2D eigenvalue weighted by Crippen LogP contribution is -2.44. The van der Waals surface area contributed by atoms with E-state index >= 15 is 0 Å². The van der Waals surface area contributed by atoms with Crippen LogP contribution < -0.4 is 16.4 Å². The van der Waals surface area contributed by atoms with Gasteiger partial charge in [0.05, 0.1) is 5.52 Å². The van der Waals surface area contributed by atoms with Gasteiger partial charge in [0.25, 0.3) is 0 Å². The Labute approximate surface area is 156 Å². The Kier molecular flexibility index (Phi) is 5.83. The van der Waals surface area contributed by atoms with Gasteiger partial charge in [0.2, 0.25) is 0 Å². The summed E-state index contributed by atoms with van der Waals surface area (Å²) >= 11 is 0. The summed E-state index contributed by atoms with van der Waals surface area (Å²) in [6, 6.07) is 6.13. The number of ether oxygens (including phenoxy) is 1. The zero-order chi connectivity index (χ0) is 19.4. The molecule has 1 aliphatic rings. The highest BCUT2D eigenvalue weighted by Crippen LogP contribution is 2.24. The van der Waals surface area contributed by atoms with Crippen LogP contribution in [-0.4, -0.2) is 35.3 Å². The van der Waals surface area contributed by atoms with Crippen LogP contribution in [0.4, 0.5) is 4.79 Å². The van der Waals surface area contributed by atoms with Crippen molar-refractivity contribution in [3.63, 3.8) is 0 Å². The van der Waals surface area contributed by atoms with Crippen molar-refractivity contribution < 1.29 is 18.7 Å². The zero-order valence-corrected chi connectivity index (χ0v) is 15.6. The van der Waals surface area contributed by atoms with Crippen molar-refractivity contribution in [2.24, 2.45) is 0 Å². The Bertz CT molecular complexity index is 864. The van der Waals surface area contributed by atoms with Crippen molar-refractivity contribution in [3.05, 3.63) is 34.8 Å². The molecule has 0 unspecified atom stereocenters. The lowest BCUT2D eigenvalue weighted by atomic mass is 9.93. The minimum atomic E-state index is -0.771. The highest BCUT2D eigenvalue weighted by molar-refractivity contribution is 5.79. The number of nitrogens with zero attached hydrogens (tertiary/aromatic N) is 1. The quantitative estimate of drug-likeness (QED) is 0.781. The first-order chi connectivity index (χ1) is 13.0. The van der Waals surface area contributed by atoms with Crippen LogP contribution in [0.15, 0.2) is 33.5 Å². The molecule has 8 heteroatoms. The van der Waals surface area contributed by atoms with E-state index in [2.05, 4.69) is 10.6 Å². The molecule has 1 aliphatic carbocycles. The van der Waals surface area contributed by atoms with Crippen LogP contribution >= 0.6 is 0 Å². The summed E-state index contributed by atoms with van der Waals surface area (Å²) in [6.45, 7) is 4.08. The zero-order valence-electron chi connectivity index (χ0n) is 15.6. The molecule has 27 heavy (non-hydrogen) atoms. The van der Waals surface area contributed by atoms with Crippen molar-refractivity contribution in [1.29, 1.82) is 0 Å². The molecule has 2 N–H and O–H groups in total. The fraction of sp³-hybridized carbons (Fsp3) is 0.526. The highest BCUT2D eigenvalue weighted by Gasteiger charge is 2.28. The number of para-hydroxylation sites is 2. The van der Waals surface area contributed by atoms with Gasteiger partial charge in [-0.05, 0) is 51.7 Å². The first-order valence-electron chi connectivity index (χ1n) is 9.34.